The molecular weight excluding hydrogens is 250 g/mol. The van der Waals surface area contributed by atoms with E-state index in [9.17, 15) is 9.59 Å². The molecule has 0 bridgehead atoms. The van der Waals surface area contributed by atoms with Gasteiger partial charge in [0.2, 0.25) is 5.91 Å². The summed E-state index contributed by atoms with van der Waals surface area (Å²) in [5.41, 5.74) is -0.0593. The number of aromatic carboxylic acids is 1. The van der Waals surface area contributed by atoms with Crippen molar-refractivity contribution < 1.29 is 14.7 Å². The Balaban J connectivity index is 1.79. The van der Waals surface area contributed by atoms with Gasteiger partial charge in [0.1, 0.15) is 0 Å². The molecule has 1 aromatic heterocycles. The molecule has 1 amide bonds. The Morgan fingerprint density at radius 2 is 2.21 bits per heavy atom. The molecule has 0 unspecified atom stereocenters. The largest absolute Gasteiger partial charge is 0.476 e. The van der Waals surface area contributed by atoms with Gasteiger partial charge >= 0.3 is 5.97 Å². The van der Waals surface area contributed by atoms with E-state index in [0.717, 1.165) is 0 Å². The molecule has 1 fully saturated rings. The quantitative estimate of drug-likeness (QED) is 0.736. The first-order chi connectivity index (χ1) is 8.95. The Morgan fingerprint density at radius 1 is 1.53 bits per heavy atom. The highest BCUT2D eigenvalue weighted by atomic mass is 16.4. The first kappa shape index (κ1) is 13.5. The highest BCUT2D eigenvalue weighted by Gasteiger charge is 2.30. The molecular formula is C11H17N5O3. The second-order valence-corrected chi connectivity index (χ2v) is 4.96. The predicted molar refractivity (Wildman–Crippen MR) is 65.7 cm³/mol. The van der Waals surface area contributed by atoms with E-state index in [1.54, 1.807) is 4.68 Å². The van der Waals surface area contributed by atoms with Gasteiger partial charge in [0.05, 0.1) is 18.8 Å². The number of hydrogen-bond donors (Lipinski definition) is 2. The van der Waals surface area contributed by atoms with Gasteiger partial charge in [0, 0.05) is 19.1 Å². The standard InChI is InChI=1S/C11H17N5O3/c1-7(2)12-10(17)6-15-3-8(4-15)16-5-9(11(18)19)13-14-16/h5,7-8H,3-4,6H2,1-2H3,(H,12,17)(H,18,19). The number of carboxylic acids is 1. The fraction of sp³-hybridized carbons (Fsp3) is 0.636. The van der Waals surface area contributed by atoms with Gasteiger partial charge in [-0.25, -0.2) is 9.48 Å². The van der Waals surface area contributed by atoms with E-state index in [1.807, 2.05) is 18.7 Å². The Labute approximate surface area is 110 Å². The van der Waals surface area contributed by atoms with Crippen LogP contribution in [0.1, 0.15) is 30.4 Å². The fourth-order valence-corrected chi connectivity index (χ4v) is 1.96. The summed E-state index contributed by atoms with van der Waals surface area (Å²) in [6, 6.07) is 0.227. The zero-order valence-corrected chi connectivity index (χ0v) is 10.9. The summed E-state index contributed by atoms with van der Waals surface area (Å²) in [7, 11) is 0. The number of aromatic nitrogens is 3. The number of carbonyl (C=O) groups is 2. The maximum absolute atomic E-state index is 11.5. The predicted octanol–water partition coefficient (Wildman–Crippen LogP) is -0.642. The van der Waals surface area contributed by atoms with E-state index in [1.165, 1.54) is 6.20 Å². The molecule has 19 heavy (non-hydrogen) atoms. The molecule has 2 rings (SSSR count). The van der Waals surface area contributed by atoms with E-state index in [0.29, 0.717) is 19.6 Å². The van der Waals surface area contributed by atoms with E-state index in [2.05, 4.69) is 15.6 Å². The minimum atomic E-state index is -1.08. The van der Waals surface area contributed by atoms with E-state index < -0.39 is 5.97 Å². The molecule has 0 atom stereocenters. The number of carbonyl (C=O) groups excluding carboxylic acids is 1. The van der Waals surface area contributed by atoms with Crippen LogP contribution < -0.4 is 5.32 Å². The topological polar surface area (TPSA) is 100 Å². The van der Waals surface area contributed by atoms with E-state index in [4.69, 9.17) is 5.11 Å². The van der Waals surface area contributed by atoms with Crippen molar-refractivity contribution in [2.24, 2.45) is 0 Å². The highest BCUT2D eigenvalue weighted by molar-refractivity contribution is 5.84. The zero-order chi connectivity index (χ0) is 14.0. The highest BCUT2D eigenvalue weighted by Crippen LogP contribution is 2.19. The molecule has 8 nitrogen and oxygen atoms in total. The minimum absolute atomic E-state index is 0.00161. The van der Waals surface area contributed by atoms with Crippen molar-refractivity contribution in [3.05, 3.63) is 11.9 Å². The Morgan fingerprint density at radius 3 is 2.74 bits per heavy atom. The number of nitrogens with zero attached hydrogens (tertiary/aromatic N) is 4. The molecule has 1 aromatic rings. The lowest BCUT2D eigenvalue weighted by Crippen LogP contribution is -2.52. The van der Waals surface area contributed by atoms with Crippen molar-refractivity contribution in [2.45, 2.75) is 25.9 Å². The average Bonchev–Trinajstić information content (AvgIpc) is 2.70. The number of nitrogens with one attached hydrogen (secondary N) is 1. The molecule has 1 saturated heterocycles. The lowest BCUT2D eigenvalue weighted by Gasteiger charge is -2.38. The zero-order valence-electron chi connectivity index (χ0n) is 10.9. The van der Waals surface area contributed by atoms with Gasteiger partial charge in [-0.15, -0.1) is 5.10 Å². The molecule has 0 spiro atoms. The van der Waals surface area contributed by atoms with Crippen LogP contribution in [0.2, 0.25) is 0 Å². The SMILES string of the molecule is CC(C)NC(=O)CN1CC(n2cc(C(=O)O)nn2)C1. The lowest BCUT2D eigenvalue weighted by atomic mass is 10.1. The molecule has 1 aliphatic heterocycles. The third kappa shape index (κ3) is 3.28. The normalized spacial score (nSPS) is 16.4. The van der Waals surface area contributed by atoms with Crippen LogP contribution in [0.3, 0.4) is 0 Å². The van der Waals surface area contributed by atoms with Crippen LogP contribution in [0, 0.1) is 0 Å². The maximum atomic E-state index is 11.5. The molecule has 0 radical (unpaired) electrons. The van der Waals surface area contributed by atoms with Gasteiger partial charge in [-0.2, -0.15) is 0 Å². The van der Waals surface area contributed by atoms with Gasteiger partial charge in [0.15, 0.2) is 5.69 Å². The minimum Gasteiger partial charge on any atom is -0.476 e. The van der Waals surface area contributed by atoms with Crippen LogP contribution >= 0.6 is 0 Å². The van der Waals surface area contributed by atoms with Gasteiger partial charge in [-0.05, 0) is 13.8 Å². The van der Waals surface area contributed by atoms with Crippen molar-refractivity contribution >= 4 is 11.9 Å². The van der Waals surface area contributed by atoms with Gasteiger partial charge in [0.25, 0.3) is 0 Å². The van der Waals surface area contributed by atoms with Crippen molar-refractivity contribution in [2.75, 3.05) is 19.6 Å². The van der Waals surface area contributed by atoms with Crippen LogP contribution in [0.25, 0.3) is 0 Å². The Bertz CT molecular complexity index is 478. The van der Waals surface area contributed by atoms with Crippen LogP contribution in [0.5, 0.6) is 0 Å². The number of amides is 1. The molecule has 2 heterocycles. The van der Waals surface area contributed by atoms with Gasteiger partial charge < -0.3 is 10.4 Å². The lowest BCUT2D eigenvalue weighted by molar-refractivity contribution is -0.124. The third-order valence-corrected chi connectivity index (χ3v) is 2.86. The van der Waals surface area contributed by atoms with Crippen LogP contribution in [-0.2, 0) is 4.79 Å². The summed E-state index contributed by atoms with van der Waals surface area (Å²) in [6.45, 7) is 5.54. The molecule has 1 aliphatic rings. The van der Waals surface area contributed by atoms with Crippen LogP contribution in [0.4, 0.5) is 0 Å². The van der Waals surface area contributed by atoms with E-state index in [-0.39, 0.29) is 23.7 Å². The van der Waals surface area contributed by atoms with Crippen LogP contribution in [-0.4, -0.2) is 62.6 Å². The fourth-order valence-electron chi connectivity index (χ4n) is 1.96. The first-order valence-corrected chi connectivity index (χ1v) is 6.12. The number of carboxylic acid groups (broad SMARTS) is 1. The van der Waals surface area contributed by atoms with E-state index >= 15 is 0 Å². The number of likely N-dealkylation sites (tertiary alicyclic amines) is 1. The number of hydrogen-bond acceptors (Lipinski definition) is 5. The maximum Gasteiger partial charge on any atom is 0.358 e. The summed E-state index contributed by atoms with van der Waals surface area (Å²) in [4.78, 5) is 24.2. The average molecular weight is 267 g/mol. The van der Waals surface area contributed by atoms with Crippen molar-refractivity contribution in [3.63, 3.8) is 0 Å². The van der Waals surface area contributed by atoms with Crippen molar-refractivity contribution in [1.29, 1.82) is 0 Å². The molecule has 0 aromatic carbocycles. The van der Waals surface area contributed by atoms with Crippen molar-refractivity contribution in [1.82, 2.24) is 25.2 Å². The summed E-state index contributed by atoms with van der Waals surface area (Å²) in [5, 5.41) is 18.9. The van der Waals surface area contributed by atoms with Crippen LogP contribution in [0.15, 0.2) is 6.20 Å². The first-order valence-electron chi connectivity index (χ1n) is 6.12. The molecule has 104 valence electrons. The third-order valence-electron chi connectivity index (χ3n) is 2.86. The molecule has 0 aliphatic carbocycles. The van der Waals surface area contributed by atoms with Crippen molar-refractivity contribution in [3.8, 4) is 0 Å². The Hall–Kier alpha value is -1.96. The Kier molecular flexibility index (Phi) is 3.79. The monoisotopic (exact) mass is 267 g/mol. The summed E-state index contributed by atoms with van der Waals surface area (Å²) in [6.07, 6.45) is 1.42. The van der Waals surface area contributed by atoms with Gasteiger partial charge in [-0.1, -0.05) is 5.21 Å². The molecule has 0 saturated carbocycles. The molecule has 8 heteroatoms. The second kappa shape index (κ2) is 5.35. The number of rotatable bonds is 5. The van der Waals surface area contributed by atoms with Gasteiger partial charge in [-0.3, -0.25) is 9.69 Å². The second-order valence-electron chi connectivity index (χ2n) is 4.96. The smallest absolute Gasteiger partial charge is 0.358 e. The summed E-state index contributed by atoms with van der Waals surface area (Å²) < 4.78 is 1.54. The molecule has 2 N–H and O–H groups in total. The summed E-state index contributed by atoms with van der Waals surface area (Å²) in [5.74, 6) is -1.09. The summed E-state index contributed by atoms with van der Waals surface area (Å²) >= 11 is 0.